The van der Waals surface area contributed by atoms with Gasteiger partial charge in [0.2, 0.25) is 0 Å². The maximum Gasteiger partial charge on any atom is 0.255 e. The van der Waals surface area contributed by atoms with Crippen molar-refractivity contribution in [3.63, 3.8) is 0 Å². The highest BCUT2D eigenvalue weighted by molar-refractivity contribution is 7.99. The number of thioether (sulfide) groups is 1. The predicted molar refractivity (Wildman–Crippen MR) is 94.2 cm³/mol. The fourth-order valence-corrected chi connectivity index (χ4v) is 4.28. The van der Waals surface area contributed by atoms with Gasteiger partial charge in [0.1, 0.15) is 0 Å². The SMILES string of the molecule is CCN1CCN(C(=O)c2ccccc2SC[C@@H]2CCCO2)CC1. The molecule has 23 heavy (non-hydrogen) atoms. The molecular weight excluding hydrogens is 308 g/mol. The molecule has 0 N–H and O–H groups in total. The molecule has 1 amide bonds. The summed E-state index contributed by atoms with van der Waals surface area (Å²) in [7, 11) is 0. The van der Waals surface area contributed by atoms with Crippen LogP contribution in [0, 0.1) is 0 Å². The Morgan fingerprint density at radius 2 is 2.04 bits per heavy atom. The van der Waals surface area contributed by atoms with Crippen molar-refractivity contribution in [2.75, 3.05) is 45.1 Å². The third-order valence-corrected chi connectivity index (χ3v) is 5.88. The molecule has 1 aromatic rings. The number of rotatable bonds is 5. The Balaban J connectivity index is 1.63. The lowest BCUT2D eigenvalue weighted by atomic mass is 10.2. The summed E-state index contributed by atoms with van der Waals surface area (Å²) >= 11 is 1.76. The van der Waals surface area contributed by atoms with Crippen LogP contribution in [-0.2, 0) is 4.74 Å². The molecule has 4 nitrogen and oxygen atoms in total. The number of carbonyl (C=O) groups excluding carboxylic acids is 1. The van der Waals surface area contributed by atoms with Gasteiger partial charge in [-0.05, 0) is 31.5 Å². The summed E-state index contributed by atoms with van der Waals surface area (Å²) < 4.78 is 5.69. The Hall–Kier alpha value is -1.04. The highest BCUT2D eigenvalue weighted by atomic mass is 32.2. The third-order valence-electron chi connectivity index (χ3n) is 4.67. The molecule has 2 aliphatic heterocycles. The number of likely N-dealkylation sites (N-methyl/N-ethyl adjacent to an activating group) is 1. The second kappa shape index (κ2) is 8.18. The van der Waals surface area contributed by atoms with Gasteiger partial charge in [-0.25, -0.2) is 0 Å². The maximum atomic E-state index is 12.9. The molecule has 5 heteroatoms. The Morgan fingerprint density at radius 3 is 2.74 bits per heavy atom. The Kier molecular flexibility index (Phi) is 5.97. The smallest absolute Gasteiger partial charge is 0.255 e. The number of carbonyl (C=O) groups is 1. The summed E-state index contributed by atoms with van der Waals surface area (Å²) in [6, 6.07) is 8.01. The van der Waals surface area contributed by atoms with Crippen molar-refractivity contribution < 1.29 is 9.53 Å². The lowest BCUT2D eigenvalue weighted by Gasteiger charge is -2.34. The number of piperazine rings is 1. The zero-order valence-corrected chi connectivity index (χ0v) is 14.7. The van der Waals surface area contributed by atoms with E-state index in [-0.39, 0.29) is 5.91 Å². The molecule has 1 aromatic carbocycles. The van der Waals surface area contributed by atoms with E-state index >= 15 is 0 Å². The molecule has 126 valence electrons. The average Bonchev–Trinajstić information content (AvgIpc) is 3.13. The molecule has 0 saturated carbocycles. The minimum atomic E-state index is 0.177. The van der Waals surface area contributed by atoms with Crippen LogP contribution in [0.25, 0.3) is 0 Å². The first-order chi connectivity index (χ1) is 11.3. The Morgan fingerprint density at radius 1 is 1.26 bits per heavy atom. The highest BCUT2D eigenvalue weighted by Crippen LogP contribution is 2.27. The van der Waals surface area contributed by atoms with Crippen molar-refractivity contribution in [3.8, 4) is 0 Å². The molecule has 3 rings (SSSR count). The minimum Gasteiger partial charge on any atom is -0.377 e. The molecule has 1 atom stereocenters. The van der Waals surface area contributed by atoms with Gasteiger partial charge in [0, 0.05) is 43.4 Å². The zero-order valence-electron chi connectivity index (χ0n) is 13.9. The van der Waals surface area contributed by atoms with E-state index in [0.29, 0.717) is 6.10 Å². The van der Waals surface area contributed by atoms with Crippen molar-refractivity contribution in [1.82, 2.24) is 9.80 Å². The normalized spacial score (nSPS) is 22.5. The molecule has 0 unspecified atom stereocenters. The molecule has 0 spiro atoms. The zero-order chi connectivity index (χ0) is 16.1. The predicted octanol–water partition coefficient (Wildman–Crippen LogP) is 2.74. The van der Waals surface area contributed by atoms with E-state index in [1.54, 1.807) is 11.8 Å². The van der Waals surface area contributed by atoms with Crippen LogP contribution in [0.5, 0.6) is 0 Å². The number of benzene rings is 1. The Bertz CT molecular complexity index is 524. The van der Waals surface area contributed by atoms with E-state index in [0.717, 1.165) is 68.4 Å². The Labute approximate surface area is 143 Å². The van der Waals surface area contributed by atoms with Gasteiger partial charge in [-0.3, -0.25) is 4.79 Å². The molecule has 0 radical (unpaired) electrons. The van der Waals surface area contributed by atoms with Gasteiger partial charge in [-0.1, -0.05) is 19.1 Å². The highest BCUT2D eigenvalue weighted by Gasteiger charge is 2.24. The standard InChI is InChI=1S/C18H26N2O2S/c1-2-19-9-11-20(12-10-19)18(21)16-7-3-4-8-17(16)23-14-15-6-5-13-22-15/h3-4,7-8,15H,2,5-6,9-14H2,1H3/t15-/m0/s1. The monoisotopic (exact) mass is 334 g/mol. The quantitative estimate of drug-likeness (QED) is 0.775. The first-order valence-electron chi connectivity index (χ1n) is 8.63. The number of hydrogen-bond acceptors (Lipinski definition) is 4. The van der Waals surface area contributed by atoms with Crippen LogP contribution in [0.15, 0.2) is 29.2 Å². The van der Waals surface area contributed by atoms with E-state index in [1.807, 2.05) is 23.1 Å². The summed E-state index contributed by atoms with van der Waals surface area (Å²) in [4.78, 5) is 18.4. The van der Waals surface area contributed by atoms with Crippen LogP contribution in [-0.4, -0.2) is 66.9 Å². The number of nitrogens with zero attached hydrogens (tertiary/aromatic N) is 2. The second-order valence-corrected chi connectivity index (χ2v) is 7.23. The fourth-order valence-electron chi connectivity index (χ4n) is 3.17. The van der Waals surface area contributed by atoms with E-state index in [4.69, 9.17) is 4.74 Å². The first kappa shape index (κ1) is 16.8. The van der Waals surface area contributed by atoms with E-state index in [9.17, 15) is 4.79 Å². The summed E-state index contributed by atoms with van der Waals surface area (Å²) in [5.41, 5.74) is 0.848. The maximum absolute atomic E-state index is 12.9. The third kappa shape index (κ3) is 4.28. The molecular formula is C18H26N2O2S. The van der Waals surface area contributed by atoms with E-state index in [1.165, 1.54) is 0 Å². The average molecular weight is 334 g/mol. The number of amides is 1. The van der Waals surface area contributed by atoms with E-state index in [2.05, 4.69) is 17.9 Å². The summed E-state index contributed by atoms with van der Waals surface area (Å²) in [6.07, 6.45) is 2.64. The largest absolute Gasteiger partial charge is 0.377 e. The van der Waals surface area contributed by atoms with Crippen molar-refractivity contribution in [2.45, 2.75) is 30.8 Å². The minimum absolute atomic E-state index is 0.177. The molecule has 2 saturated heterocycles. The summed E-state index contributed by atoms with van der Waals surface area (Å²) in [5, 5.41) is 0. The van der Waals surface area contributed by atoms with Gasteiger partial charge in [0.15, 0.2) is 0 Å². The van der Waals surface area contributed by atoms with Crippen LogP contribution in [0.1, 0.15) is 30.1 Å². The summed E-state index contributed by atoms with van der Waals surface area (Å²) in [5.74, 6) is 1.12. The van der Waals surface area contributed by atoms with Crippen LogP contribution >= 0.6 is 11.8 Å². The van der Waals surface area contributed by atoms with Crippen LogP contribution in [0.4, 0.5) is 0 Å². The van der Waals surface area contributed by atoms with Crippen LogP contribution in [0.3, 0.4) is 0 Å². The lowest BCUT2D eigenvalue weighted by Crippen LogP contribution is -2.48. The van der Waals surface area contributed by atoms with Crippen molar-refractivity contribution in [3.05, 3.63) is 29.8 Å². The van der Waals surface area contributed by atoms with Gasteiger partial charge in [0.05, 0.1) is 11.7 Å². The lowest BCUT2D eigenvalue weighted by molar-refractivity contribution is 0.0640. The molecule has 2 fully saturated rings. The van der Waals surface area contributed by atoms with Crippen LogP contribution < -0.4 is 0 Å². The molecule has 0 bridgehead atoms. The second-order valence-electron chi connectivity index (χ2n) is 6.17. The molecule has 2 heterocycles. The number of hydrogen-bond donors (Lipinski definition) is 0. The summed E-state index contributed by atoms with van der Waals surface area (Å²) in [6.45, 7) is 7.74. The molecule has 0 aromatic heterocycles. The fraction of sp³-hybridized carbons (Fsp3) is 0.611. The first-order valence-corrected chi connectivity index (χ1v) is 9.61. The van der Waals surface area contributed by atoms with Gasteiger partial charge < -0.3 is 14.5 Å². The van der Waals surface area contributed by atoms with E-state index < -0.39 is 0 Å². The number of ether oxygens (including phenoxy) is 1. The van der Waals surface area contributed by atoms with Gasteiger partial charge in [-0.2, -0.15) is 0 Å². The molecule has 2 aliphatic rings. The van der Waals surface area contributed by atoms with Crippen molar-refractivity contribution >= 4 is 17.7 Å². The van der Waals surface area contributed by atoms with Crippen molar-refractivity contribution in [2.24, 2.45) is 0 Å². The molecule has 0 aliphatic carbocycles. The van der Waals surface area contributed by atoms with Gasteiger partial charge in [0.25, 0.3) is 5.91 Å². The van der Waals surface area contributed by atoms with Gasteiger partial charge >= 0.3 is 0 Å². The van der Waals surface area contributed by atoms with Crippen molar-refractivity contribution in [1.29, 1.82) is 0 Å². The van der Waals surface area contributed by atoms with Gasteiger partial charge in [-0.15, -0.1) is 11.8 Å². The topological polar surface area (TPSA) is 32.8 Å². The van der Waals surface area contributed by atoms with Crippen LogP contribution in [0.2, 0.25) is 0 Å².